The van der Waals surface area contributed by atoms with Gasteiger partial charge in [0.1, 0.15) is 29.9 Å². The molecule has 1 aromatic carbocycles. The quantitative estimate of drug-likeness (QED) is 0.137. The largest absolute Gasteiger partial charge is 0.477 e. The fourth-order valence-corrected chi connectivity index (χ4v) is 6.64. The van der Waals surface area contributed by atoms with Crippen molar-refractivity contribution >= 4 is 75.9 Å². The summed E-state index contributed by atoms with van der Waals surface area (Å²) >= 11 is 6.59. The van der Waals surface area contributed by atoms with E-state index in [0.717, 1.165) is 16.9 Å². The van der Waals surface area contributed by atoms with Crippen LogP contribution >= 0.6 is 35.7 Å². The second-order valence-electron chi connectivity index (χ2n) is 9.17. The van der Waals surface area contributed by atoms with Crippen molar-refractivity contribution in [1.29, 1.82) is 0 Å². The third-order valence-corrected chi connectivity index (χ3v) is 8.51. The number of carboxylic acid groups (broad SMARTS) is 1. The van der Waals surface area contributed by atoms with Crippen molar-refractivity contribution < 1.29 is 29.1 Å². The number of benzene rings is 1. The highest BCUT2D eigenvalue weighted by atomic mass is 32.2. The van der Waals surface area contributed by atoms with Crippen molar-refractivity contribution in [3.8, 4) is 0 Å². The van der Waals surface area contributed by atoms with E-state index in [4.69, 9.17) is 10.6 Å². The molecule has 4 rings (SSSR count). The van der Waals surface area contributed by atoms with Crippen molar-refractivity contribution in [2.45, 2.75) is 37.7 Å². The smallest absolute Gasteiger partial charge is 0.352 e. The van der Waals surface area contributed by atoms with Crippen LogP contribution in [0, 0.1) is 0 Å². The first-order valence-corrected chi connectivity index (χ1v) is 14.7. The van der Waals surface area contributed by atoms with Gasteiger partial charge in [-0.15, -0.1) is 23.1 Å². The van der Waals surface area contributed by atoms with Crippen LogP contribution in [0.25, 0.3) is 0 Å². The molecule has 15 heteroatoms. The summed E-state index contributed by atoms with van der Waals surface area (Å²) in [7, 11) is 1.27. The molecule has 0 bridgehead atoms. The third-order valence-electron chi connectivity index (χ3n) is 6.23. The van der Waals surface area contributed by atoms with E-state index < -0.39 is 29.2 Å². The van der Waals surface area contributed by atoms with Gasteiger partial charge in [-0.2, -0.15) is 12.6 Å². The summed E-state index contributed by atoms with van der Waals surface area (Å²) in [5.41, 5.74) is 7.65. The monoisotopic (exact) mass is 604 g/mol. The molecule has 212 valence electrons. The standard InChI is InChI=1S/C25H28N6O6S3/c1-12(2)30(17(32)9-38)15-6-4-5-13(8-15)7-14-10-39-23-19(22(34)31(23)20(14)24(35)36)28-21(33)18(29-37-3)16-11-40-25(26)27-16/h4-6,8,11-12,19,23,38H,7,9-10H2,1-3H3,(H2,26,27)(H,28,33)(H,35,36)/b29-18+/t19-,23-/m1/s1. The number of nitrogens with one attached hydrogen (secondary N) is 1. The van der Waals surface area contributed by atoms with Gasteiger partial charge >= 0.3 is 5.97 Å². The molecule has 2 aliphatic heterocycles. The van der Waals surface area contributed by atoms with Crippen molar-refractivity contribution in [3.05, 3.63) is 52.2 Å². The summed E-state index contributed by atoms with van der Waals surface area (Å²) in [4.78, 5) is 62.5. The number of rotatable bonds is 10. The number of carbonyl (C=O) groups is 4. The maximum absolute atomic E-state index is 13.1. The number of fused-ring (bicyclic) bond motifs is 1. The van der Waals surface area contributed by atoms with Crippen LogP contribution in [0.2, 0.25) is 0 Å². The number of nitrogens with zero attached hydrogens (tertiary/aromatic N) is 4. The lowest BCUT2D eigenvalue weighted by Crippen LogP contribution is -2.71. The van der Waals surface area contributed by atoms with Gasteiger partial charge in [-0.25, -0.2) is 9.78 Å². The Labute approximate surface area is 244 Å². The van der Waals surface area contributed by atoms with Gasteiger partial charge in [-0.1, -0.05) is 17.3 Å². The number of thiol groups is 1. The molecule has 0 spiro atoms. The number of hydrogen-bond donors (Lipinski definition) is 4. The number of thioether (sulfide) groups is 1. The lowest BCUT2D eigenvalue weighted by molar-refractivity contribution is -0.150. The molecule has 4 N–H and O–H groups in total. The van der Waals surface area contributed by atoms with E-state index in [2.05, 4.69) is 28.1 Å². The molecule has 40 heavy (non-hydrogen) atoms. The predicted molar refractivity (Wildman–Crippen MR) is 156 cm³/mol. The molecule has 1 fully saturated rings. The van der Waals surface area contributed by atoms with Crippen LogP contribution in [0.4, 0.5) is 10.8 Å². The number of aromatic nitrogens is 1. The highest BCUT2D eigenvalue weighted by molar-refractivity contribution is 8.00. The van der Waals surface area contributed by atoms with Gasteiger partial charge in [0.05, 0.1) is 5.75 Å². The molecule has 1 aromatic heterocycles. The van der Waals surface area contributed by atoms with Crippen molar-refractivity contribution in [2.75, 3.05) is 29.2 Å². The van der Waals surface area contributed by atoms with Crippen molar-refractivity contribution in [1.82, 2.24) is 15.2 Å². The first-order valence-electron chi connectivity index (χ1n) is 12.1. The molecule has 1 saturated heterocycles. The summed E-state index contributed by atoms with van der Waals surface area (Å²) in [6, 6.07) is 6.26. The Kier molecular flexibility index (Phi) is 9.05. The number of β-lactam (4-membered cyclic amide) rings is 1. The molecule has 3 amide bonds. The number of amides is 3. The van der Waals surface area contributed by atoms with Gasteiger partial charge in [0.2, 0.25) is 5.91 Å². The average molecular weight is 605 g/mol. The first kappa shape index (κ1) is 29.4. The molecule has 2 aromatic rings. The summed E-state index contributed by atoms with van der Waals surface area (Å²) in [5.74, 6) is -2.23. The SMILES string of the molecule is CO/N=C(/C(=O)N[C@@H]1C(=O)N2C(C(=O)O)=C(Cc3cccc(N(C(=O)CS)C(C)C)c3)CS[C@H]12)c1csc(N)n1. The van der Waals surface area contributed by atoms with Gasteiger partial charge in [0.25, 0.3) is 11.8 Å². The number of hydrogen-bond acceptors (Lipinski definition) is 11. The predicted octanol–water partition coefficient (Wildman–Crippen LogP) is 1.73. The summed E-state index contributed by atoms with van der Waals surface area (Å²) < 4.78 is 0. The van der Waals surface area contributed by atoms with Gasteiger partial charge in [0, 0.05) is 22.9 Å². The van der Waals surface area contributed by atoms with Crippen LogP contribution in [0.3, 0.4) is 0 Å². The van der Waals surface area contributed by atoms with Gasteiger partial charge in [-0.3, -0.25) is 19.3 Å². The summed E-state index contributed by atoms with van der Waals surface area (Å²) in [6.45, 7) is 3.80. The summed E-state index contributed by atoms with van der Waals surface area (Å²) in [5, 5.41) is 17.6. The molecule has 0 unspecified atom stereocenters. The second-order valence-corrected chi connectivity index (χ2v) is 11.5. The Morgan fingerprint density at radius 3 is 2.73 bits per heavy atom. The Bertz CT molecular complexity index is 1410. The van der Waals surface area contributed by atoms with Gasteiger partial charge in [0.15, 0.2) is 10.8 Å². The molecular formula is C25H28N6O6S3. The number of nitrogen functional groups attached to an aromatic ring is 1. The lowest BCUT2D eigenvalue weighted by atomic mass is 9.98. The topological polar surface area (TPSA) is 168 Å². The fraction of sp³-hybridized carbons (Fsp3) is 0.360. The normalized spacial score (nSPS) is 18.8. The number of thiazole rings is 1. The number of oxime groups is 1. The number of carbonyl (C=O) groups excluding carboxylic acids is 3. The number of anilines is 2. The summed E-state index contributed by atoms with van der Waals surface area (Å²) in [6.07, 6.45) is 0.271. The first-order chi connectivity index (χ1) is 19.1. The average Bonchev–Trinajstić information content (AvgIpc) is 3.35. The van der Waals surface area contributed by atoms with E-state index in [1.165, 1.54) is 29.2 Å². The number of nitrogens with two attached hydrogens (primary N) is 1. The van der Waals surface area contributed by atoms with E-state index in [1.807, 2.05) is 32.0 Å². The molecule has 2 atom stereocenters. The Balaban J connectivity index is 1.55. The van der Waals surface area contributed by atoms with Gasteiger partial charge < -0.3 is 25.9 Å². The van der Waals surface area contributed by atoms with Gasteiger partial charge in [-0.05, 0) is 43.5 Å². The second kappa shape index (κ2) is 12.3. The Hall–Kier alpha value is -3.56. The van der Waals surface area contributed by atoms with E-state index in [-0.39, 0.29) is 46.4 Å². The van der Waals surface area contributed by atoms with Crippen LogP contribution in [0.15, 0.2) is 46.1 Å². The van der Waals surface area contributed by atoms with E-state index in [9.17, 15) is 24.3 Å². The van der Waals surface area contributed by atoms with E-state index in [1.54, 1.807) is 11.0 Å². The Morgan fingerprint density at radius 1 is 1.38 bits per heavy atom. The van der Waals surface area contributed by atoms with Crippen molar-refractivity contribution in [3.63, 3.8) is 0 Å². The molecule has 0 radical (unpaired) electrons. The highest BCUT2D eigenvalue weighted by Gasteiger charge is 2.54. The molecule has 3 heterocycles. The van der Waals surface area contributed by atoms with Crippen LogP contribution in [-0.4, -0.2) is 80.5 Å². The minimum atomic E-state index is -1.23. The third kappa shape index (κ3) is 5.81. The van der Waals surface area contributed by atoms with Crippen LogP contribution in [0.5, 0.6) is 0 Å². The molecule has 0 aliphatic carbocycles. The van der Waals surface area contributed by atoms with Crippen LogP contribution in [-0.2, 0) is 30.4 Å². The maximum atomic E-state index is 13.1. The van der Waals surface area contributed by atoms with Crippen molar-refractivity contribution in [2.24, 2.45) is 5.16 Å². The van der Waals surface area contributed by atoms with E-state index in [0.29, 0.717) is 17.0 Å². The lowest BCUT2D eigenvalue weighted by Gasteiger charge is -2.49. The zero-order valence-corrected chi connectivity index (χ0v) is 24.4. The maximum Gasteiger partial charge on any atom is 0.352 e. The fourth-order valence-electron chi connectivity index (χ4n) is 4.59. The van der Waals surface area contributed by atoms with E-state index >= 15 is 0 Å². The number of aliphatic carboxylic acids is 1. The zero-order valence-electron chi connectivity index (χ0n) is 21.9. The Morgan fingerprint density at radius 2 is 2.12 bits per heavy atom. The minimum Gasteiger partial charge on any atom is -0.477 e. The molecular weight excluding hydrogens is 577 g/mol. The molecule has 2 aliphatic rings. The molecule has 12 nitrogen and oxygen atoms in total. The number of carboxylic acids is 1. The highest BCUT2D eigenvalue weighted by Crippen LogP contribution is 2.41. The van der Waals surface area contributed by atoms with Crippen LogP contribution in [0.1, 0.15) is 25.1 Å². The minimum absolute atomic E-state index is 0.0557. The van der Waals surface area contributed by atoms with Crippen LogP contribution < -0.4 is 16.0 Å². The molecule has 0 saturated carbocycles. The zero-order chi connectivity index (χ0) is 29.1.